The van der Waals surface area contributed by atoms with Crippen LogP contribution in [0.3, 0.4) is 0 Å². The van der Waals surface area contributed by atoms with Crippen molar-refractivity contribution in [2.45, 2.75) is 26.8 Å². The van der Waals surface area contributed by atoms with Gasteiger partial charge in [-0.05, 0) is 32.9 Å². The smallest absolute Gasteiger partial charge is 0.339 e. The number of amides is 1. The summed E-state index contributed by atoms with van der Waals surface area (Å²) in [4.78, 5) is 23.4. The van der Waals surface area contributed by atoms with E-state index in [-0.39, 0.29) is 23.3 Å². The number of nitrogens with zero attached hydrogens (tertiary/aromatic N) is 2. The summed E-state index contributed by atoms with van der Waals surface area (Å²) in [7, 11) is 1.38. The monoisotopic (exact) mass is 317 g/mol. The summed E-state index contributed by atoms with van der Waals surface area (Å²) in [5, 5.41) is 16.1. The molecular weight excluding hydrogens is 298 g/mol. The molecule has 0 bridgehead atoms. The van der Waals surface area contributed by atoms with Gasteiger partial charge in [-0.3, -0.25) is 9.48 Å². The molecule has 0 atom stereocenters. The Hall–Kier alpha value is -2.83. The summed E-state index contributed by atoms with van der Waals surface area (Å²) in [6, 6.07) is 4.54. The molecule has 2 aromatic rings. The summed E-state index contributed by atoms with van der Waals surface area (Å²) in [6.45, 7) is 5.72. The Kier molecular flexibility index (Phi) is 4.68. The number of aromatic carboxylic acids is 1. The van der Waals surface area contributed by atoms with Crippen LogP contribution < -0.4 is 10.1 Å². The lowest BCUT2D eigenvalue weighted by atomic mass is 10.1. The van der Waals surface area contributed by atoms with Gasteiger partial charge in [0.05, 0.1) is 18.4 Å². The molecule has 0 aliphatic heterocycles. The van der Waals surface area contributed by atoms with Crippen LogP contribution in [0.5, 0.6) is 5.75 Å². The first-order valence-corrected chi connectivity index (χ1v) is 7.12. The minimum absolute atomic E-state index is 0.0364. The molecule has 2 rings (SSSR count). The van der Waals surface area contributed by atoms with Crippen LogP contribution in [0.25, 0.3) is 0 Å². The third-order valence-corrected chi connectivity index (χ3v) is 3.38. The topological polar surface area (TPSA) is 93.5 Å². The number of benzene rings is 1. The fraction of sp³-hybridized carbons (Fsp3) is 0.312. The number of aromatic nitrogens is 2. The summed E-state index contributed by atoms with van der Waals surface area (Å²) in [6.07, 6.45) is 1.69. The van der Waals surface area contributed by atoms with Gasteiger partial charge in [0.1, 0.15) is 11.3 Å². The lowest BCUT2D eigenvalue weighted by Gasteiger charge is -2.09. The van der Waals surface area contributed by atoms with Crippen molar-refractivity contribution in [2.75, 3.05) is 12.4 Å². The molecular formula is C16H19N3O4. The van der Waals surface area contributed by atoms with Crippen molar-refractivity contribution < 1.29 is 19.4 Å². The Morgan fingerprint density at radius 1 is 1.30 bits per heavy atom. The lowest BCUT2D eigenvalue weighted by molar-refractivity contribution is 0.0693. The lowest BCUT2D eigenvalue weighted by Crippen LogP contribution is -2.13. The van der Waals surface area contributed by atoms with Crippen molar-refractivity contribution >= 4 is 17.6 Å². The maximum Gasteiger partial charge on any atom is 0.339 e. The number of methoxy groups -OCH3 is 1. The highest BCUT2D eigenvalue weighted by Gasteiger charge is 2.16. The third-order valence-electron chi connectivity index (χ3n) is 3.38. The number of hydrogen-bond donors (Lipinski definition) is 2. The van der Waals surface area contributed by atoms with Gasteiger partial charge in [-0.1, -0.05) is 0 Å². The summed E-state index contributed by atoms with van der Waals surface area (Å²) in [5.41, 5.74) is 1.59. The molecule has 1 aromatic carbocycles. The van der Waals surface area contributed by atoms with E-state index in [1.54, 1.807) is 17.8 Å². The number of hydrogen-bond acceptors (Lipinski definition) is 4. The molecule has 0 aliphatic carbocycles. The van der Waals surface area contributed by atoms with E-state index >= 15 is 0 Å². The van der Waals surface area contributed by atoms with E-state index in [1.165, 1.54) is 25.3 Å². The van der Waals surface area contributed by atoms with Crippen LogP contribution in [-0.4, -0.2) is 33.9 Å². The van der Waals surface area contributed by atoms with Crippen LogP contribution in [0.4, 0.5) is 5.69 Å². The Bertz CT molecular complexity index is 750. The number of carbonyl (C=O) groups is 2. The van der Waals surface area contributed by atoms with Crippen LogP contribution >= 0.6 is 0 Å². The standard InChI is InChI=1S/C16H19N3O4/c1-9(2)19-8-13(10(3)18-19)15(20)17-11-5-6-12(16(21)22)14(7-11)23-4/h5-9H,1-4H3,(H,17,20)(H,21,22). The van der Waals surface area contributed by atoms with Gasteiger partial charge in [0.15, 0.2) is 0 Å². The molecule has 1 amide bonds. The predicted molar refractivity (Wildman–Crippen MR) is 85.3 cm³/mol. The minimum Gasteiger partial charge on any atom is -0.496 e. The molecule has 122 valence electrons. The van der Waals surface area contributed by atoms with Crippen LogP contribution in [0.15, 0.2) is 24.4 Å². The van der Waals surface area contributed by atoms with Crippen molar-refractivity contribution in [3.8, 4) is 5.75 Å². The Morgan fingerprint density at radius 2 is 2.00 bits per heavy atom. The fourth-order valence-corrected chi connectivity index (χ4v) is 2.11. The van der Waals surface area contributed by atoms with E-state index < -0.39 is 5.97 Å². The predicted octanol–water partition coefficient (Wildman–Crippen LogP) is 2.73. The van der Waals surface area contributed by atoms with E-state index in [0.29, 0.717) is 16.9 Å². The first-order chi connectivity index (χ1) is 10.8. The number of ether oxygens (including phenoxy) is 1. The van der Waals surface area contributed by atoms with Crippen LogP contribution in [0.2, 0.25) is 0 Å². The van der Waals surface area contributed by atoms with E-state index in [4.69, 9.17) is 9.84 Å². The molecule has 1 heterocycles. The normalized spacial score (nSPS) is 10.7. The van der Waals surface area contributed by atoms with Crippen LogP contribution in [-0.2, 0) is 0 Å². The zero-order valence-electron chi connectivity index (χ0n) is 13.5. The van der Waals surface area contributed by atoms with Crippen molar-refractivity contribution in [3.63, 3.8) is 0 Å². The molecule has 0 unspecified atom stereocenters. The molecule has 7 nitrogen and oxygen atoms in total. The number of nitrogens with one attached hydrogen (secondary N) is 1. The second-order valence-corrected chi connectivity index (χ2v) is 5.38. The number of anilines is 1. The molecule has 0 spiro atoms. The Labute approximate surface area is 133 Å². The van der Waals surface area contributed by atoms with E-state index in [1.807, 2.05) is 13.8 Å². The van der Waals surface area contributed by atoms with Crippen molar-refractivity contribution in [1.82, 2.24) is 9.78 Å². The number of aryl methyl sites for hydroxylation is 1. The molecule has 23 heavy (non-hydrogen) atoms. The average Bonchev–Trinajstić information content (AvgIpc) is 2.89. The number of carbonyl (C=O) groups excluding carboxylic acids is 1. The maximum absolute atomic E-state index is 12.4. The van der Waals surface area contributed by atoms with Gasteiger partial charge in [-0.2, -0.15) is 5.10 Å². The van der Waals surface area contributed by atoms with Gasteiger partial charge in [-0.25, -0.2) is 4.79 Å². The zero-order valence-corrected chi connectivity index (χ0v) is 13.5. The highest BCUT2D eigenvalue weighted by molar-refractivity contribution is 6.05. The Morgan fingerprint density at radius 3 is 2.52 bits per heavy atom. The molecule has 0 radical (unpaired) electrons. The number of rotatable bonds is 5. The molecule has 0 saturated carbocycles. The molecule has 0 fully saturated rings. The second kappa shape index (κ2) is 6.51. The quantitative estimate of drug-likeness (QED) is 0.884. The average molecular weight is 317 g/mol. The zero-order chi connectivity index (χ0) is 17.1. The number of carboxylic acid groups (broad SMARTS) is 1. The maximum atomic E-state index is 12.4. The molecule has 0 saturated heterocycles. The van der Waals surface area contributed by atoms with Gasteiger partial charge >= 0.3 is 5.97 Å². The van der Waals surface area contributed by atoms with E-state index in [9.17, 15) is 9.59 Å². The van der Waals surface area contributed by atoms with Crippen molar-refractivity contribution in [1.29, 1.82) is 0 Å². The highest BCUT2D eigenvalue weighted by atomic mass is 16.5. The van der Waals surface area contributed by atoms with Gasteiger partial charge in [-0.15, -0.1) is 0 Å². The third kappa shape index (κ3) is 3.50. The molecule has 0 aliphatic rings. The van der Waals surface area contributed by atoms with E-state index in [0.717, 1.165) is 0 Å². The van der Waals surface area contributed by atoms with Crippen molar-refractivity contribution in [2.24, 2.45) is 0 Å². The first kappa shape index (κ1) is 16.5. The largest absolute Gasteiger partial charge is 0.496 e. The van der Waals surface area contributed by atoms with Gasteiger partial charge in [0, 0.05) is 24.0 Å². The number of carboxylic acids is 1. The fourth-order valence-electron chi connectivity index (χ4n) is 2.11. The first-order valence-electron chi connectivity index (χ1n) is 7.12. The Balaban J connectivity index is 2.25. The van der Waals surface area contributed by atoms with Crippen LogP contribution in [0.1, 0.15) is 46.3 Å². The summed E-state index contributed by atoms with van der Waals surface area (Å²) >= 11 is 0. The van der Waals surface area contributed by atoms with Gasteiger partial charge in [0.25, 0.3) is 5.91 Å². The highest BCUT2D eigenvalue weighted by Crippen LogP contribution is 2.24. The molecule has 7 heteroatoms. The summed E-state index contributed by atoms with van der Waals surface area (Å²) < 4.78 is 6.77. The van der Waals surface area contributed by atoms with E-state index in [2.05, 4.69) is 10.4 Å². The van der Waals surface area contributed by atoms with Crippen molar-refractivity contribution in [3.05, 3.63) is 41.2 Å². The molecule has 1 aromatic heterocycles. The molecule has 2 N–H and O–H groups in total. The van der Waals surface area contributed by atoms with Gasteiger partial charge < -0.3 is 15.2 Å². The SMILES string of the molecule is COc1cc(NC(=O)c2cn(C(C)C)nc2C)ccc1C(=O)O. The minimum atomic E-state index is -1.09. The second-order valence-electron chi connectivity index (χ2n) is 5.38. The van der Waals surface area contributed by atoms with Gasteiger partial charge in [0.2, 0.25) is 0 Å². The van der Waals surface area contributed by atoms with Crippen LogP contribution in [0, 0.1) is 6.92 Å². The summed E-state index contributed by atoms with van der Waals surface area (Å²) in [5.74, 6) is -1.21.